The van der Waals surface area contributed by atoms with E-state index in [4.69, 9.17) is 11.6 Å². The number of hydrogen-bond donors (Lipinski definition) is 1. The van der Waals surface area contributed by atoms with E-state index in [1.54, 1.807) is 36.4 Å². The number of aryl methyl sites for hydroxylation is 2. The van der Waals surface area contributed by atoms with Crippen molar-refractivity contribution in [3.8, 4) is 11.8 Å². The van der Waals surface area contributed by atoms with Gasteiger partial charge in [0.15, 0.2) is 0 Å². The van der Waals surface area contributed by atoms with Gasteiger partial charge >= 0.3 is 0 Å². The molecule has 0 aliphatic carbocycles. The van der Waals surface area contributed by atoms with E-state index < -0.39 is 10.0 Å². The van der Waals surface area contributed by atoms with Crippen LogP contribution in [-0.4, -0.2) is 15.0 Å². The van der Waals surface area contributed by atoms with Gasteiger partial charge in [-0.2, -0.15) is 4.72 Å². The van der Waals surface area contributed by atoms with Crippen LogP contribution in [0, 0.1) is 25.7 Å². The highest BCUT2D eigenvalue weighted by molar-refractivity contribution is 7.89. The highest BCUT2D eigenvalue weighted by Gasteiger charge is 2.13. The summed E-state index contributed by atoms with van der Waals surface area (Å²) in [4.78, 5) is 0.250. The summed E-state index contributed by atoms with van der Waals surface area (Å²) in [6, 6.07) is 12.1. The lowest BCUT2D eigenvalue weighted by Crippen LogP contribution is -2.24. The molecule has 0 radical (unpaired) electrons. The van der Waals surface area contributed by atoms with Crippen LogP contribution in [0.2, 0.25) is 5.02 Å². The molecule has 0 atom stereocenters. The van der Waals surface area contributed by atoms with Gasteiger partial charge in [0.25, 0.3) is 0 Å². The Balaban J connectivity index is 2.06. The third-order valence-corrected chi connectivity index (χ3v) is 4.83. The number of halogens is 1. The van der Waals surface area contributed by atoms with Crippen molar-refractivity contribution in [1.29, 1.82) is 0 Å². The first-order valence-electron chi connectivity index (χ1n) is 6.70. The van der Waals surface area contributed by atoms with Crippen LogP contribution in [0.4, 0.5) is 0 Å². The Morgan fingerprint density at radius 1 is 1.09 bits per heavy atom. The first kappa shape index (κ1) is 16.6. The molecule has 3 nitrogen and oxygen atoms in total. The van der Waals surface area contributed by atoms with Crippen LogP contribution in [0.15, 0.2) is 47.4 Å². The molecule has 2 aromatic rings. The van der Waals surface area contributed by atoms with Crippen LogP contribution in [0.25, 0.3) is 0 Å². The summed E-state index contributed by atoms with van der Waals surface area (Å²) in [5.74, 6) is 5.65. The molecule has 0 spiro atoms. The molecule has 0 bridgehead atoms. The molecule has 0 aromatic heterocycles. The number of hydrogen-bond acceptors (Lipinski definition) is 2. The third kappa shape index (κ3) is 4.35. The third-order valence-electron chi connectivity index (χ3n) is 3.20. The van der Waals surface area contributed by atoms with Crippen molar-refractivity contribution in [3.63, 3.8) is 0 Å². The molecule has 22 heavy (non-hydrogen) atoms. The van der Waals surface area contributed by atoms with Gasteiger partial charge in [-0.15, -0.1) is 0 Å². The lowest BCUT2D eigenvalue weighted by Gasteiger charge is -2.06. The minimum absolute atomic E-state index is 0.0434. The number of sulfonamides is 1. The van der Waals surface area contributed by atoms with E-state index in [1.807, 2.05) is 19.9 Å². The van der Waals surface area contributed by atoms with Crippen molar-refractivity contribution in [3.05, 3.63) is 64.2 Å². The molecule has 0 aliphatic rings. The highest BCUT2D eigenvalue weighted by atomic mass is 35.5. The lowest BCUT2D eigenvalue weighted by atomic mass is 10.1. The normalized spacial score (nSPS) is 10.9. The van der Waals surface area contributed by atoms with Crippen molar-refractivity contribution >= 4 is 21.6 Å². The smallest absolute Gasteiger partial charge is 0.207 e. The van der Waals surface area contributed by atoms with Gasteiger partial charge in [0, 0.05) is 10.6 Å². The quantitative estimate of drug-likeness (QED) is 0.876. The average molecular weight is 334 g/mol. The van der Waals surface area contributed by atoms with Gasteiger partial charge in [-0.05, 0) is 55.3 Å². The van der Waals surface area contributed by atoms with E-state index >= 15 is 0 Å². The second-order valence-electron chi connectivity index (χ2n) is 4.88. The van der Waals surface area contributed by atoms with Crippen molar-refractivity contribution in [2.75, 3.05) is 6.54 Å². The Morgan fingerprint density at radius 3 is 2.55 bits per heavy atom. The molecule has 0 saturated carbocycles. The standard InChI is InChI=1S/C17H16ClNO2S/c1-13-8-9-17(11-14(13)2)22(20,21)19-10-4-6-15-5-3-7-16(18)12-15/h3,5,7-9,11-12,19H,10H2,1-2H3. The van der Waals surface area contributed by atoms with Crippen molar-refractivity contribution in [2.45, 2.75) is 18.7 Å². The molecule has 0 fully saturated rings. The summed E-state index contributed by atoms with van der Waals surface area (Å²) in [5.41, 5.74) is 2.74. The average Bonchev–Trinajstić information content (AvgIpc) is 2.46. The Hall–Kier alpha value is -1.80. The van der Waals surface area contributed by atoms with Gasteiger partial charge in [0.05, 0.1) is 11.4 Å². The first-order valence-corrected chi connectivity index (χ1v) is 8.56. The second kappa shape index (κ2) is 6.97. The molecule has 0 amide bonds. The van der Waals surface area contributed by atoms with E-state index in [9.17, 15) is 8.42 Å². The minimum atomic E-state index is -3.54. The fraction of sp³-hybridized carbons (Fsp3) is 0.176. The molecule has 1 N–H and O–H groups in total. The maximum Gasteiger partial charge on any atom is 0.241 e. The van der Waals surface area contributed by atoms with Crippen LogP contribution in [0.5, 0.6) is 0 Å². The van der Waals surface area contributed by atoms with E-state index in [0.717, 1.165) is 16.7 Å². The van der Waals surface area contributed by atoms with Gasteiger partial charge in [-0.25, -0.2) is 8.42 Å². The van der Waals surface area contributed by atoms with Gasteiger partial charge in [0.1, 0.15) is 0 Å². The maximum absolute atomic E-state index is 12.2. The minimum Gasteiger partial charge on any atom is -0.207 e. The van der Waals surface area contributed by atoms with Crippen molar-refractivity contribution in [2.24, 2.45) is 0 Å². The van der Waals surface area contributed by atoms with E-state index in [1.165, 1.54) is 0 Å². The molecule has 0 heterocycles. The van der Waals surface area contributed by atoms with Gasteiger partial charge in [-0.1, -0.05) is 35.6 Å². The van der Waals surface area contributed by atoms with Crippen LogP contribution < -0.4 is 4.72 Å². The maximum atomic E-state index is 12.2. The Kier molecular flexibility index (Phi) is 5.25. The largest absolute Gasteiger partial charge is 0.241 e. The monoisotopic (exact) mass is 333 g/mol. The van der Waals surface area contributed by atoms with Crippen LogP contribution >= 0.6 is 11.6 Å². The Morgan fingerprint density at radius 2 is 1.86 bits per heavy atom. The van der Waals surface area contributed by atoms with Gasteiger partial charge in [-0.3, -0.25) is 0 Å². The SMILES string of the molecule is Cc1ccc(S(=O)(=O)NCC#Cc2cccc(Cl)c2)cc1C. The first-order chi connectivity index (χ1) is 10.4. The summed E-state index contributed by atoms with van der Waals surface area (Å²) in [5, 5.41) is 0.600. The van der Waals surface area contributed by atoms with Crippen LogP contribution in [0.1, 0.15) is 16.7 Å². The number of rotatable bonds is 3. The zero-order valence-electron chi connectivity index (χ0n) is 12.4. The van der Waals surface area contributed by atoms with Crippen LogP contribution in [-0.2, 0) is 10.0 Å². The number of benzene rings is 2. The van der Waals surface area contributed by atoms with Crippen LogP contribution in [0.3, 0.4) is 0 Å². The highest BCUT2D eigenvalue weighted by Crippen LogP contribution is 2.14. The molecule has 5 heteroatoms. The van der Waals surface area contributed by atoms with E-state index in [-0.39, 0.29) is 11.4 Å². The fourth-order valence-electron chi connectivity index (χ4n) is 1.81. The van der Waals surface area contributed by atoms with Gasteiger partial charge < -0.3 is 0 Å². The molecule has 2 aromatic carbocycles. The topological polar surface area (TPSA) is 46.2 Å². The fourth-order valence-corrected chi connectivity index (χ4v) is 3.01. The van der Waals surface area contributed by atoms with E-state index in [2.05, 4.69) is 16.6 Å². The second-order valence-corrected chi connectivity index (χ2v) is 7.09. The summed E-state index contributed by atoms with van der Waals surface area (Å²) in [6.07, 6.45) is 0. The summed E-state index contributed by atoms with van der Waals surface area (Å²) in [7, 11) is -3.54. The molecule has 0 saturated heterocycles. The molecule has 2 rings (SSSR count). The predicted octanol–water partition coefficient (Wildman–Crippen LogP) is 3.29. The zero-order valence-corrected chi connectivity index (χ0v) is 13.9. The summed E-state index contributed by atoms with van der Waals surface area (Å²) >= 11 is 5.86. The Bertz CT molecular complexity index is 848. The number of nitrogens with one attached hydrogen (secondary N) is 1. The molecule has 0 aliphatic heterocycles. The van der Waals surface area contributed by atoms with Crippen molar-refractivity contribution < 1.29 is 8.42 Å². The molecular weight excluding hydrogens is 318 g/mol. The van der Waals surface area contributed by atoms with Crippen molar-refractivity contribution in [1.82, 2.24) is 4.72 Å². The lowest BCUT2D eigenvalue weighted by molar-refractivity contribution is 0.586. The predicted molar refractivity (Wildman–Crippen MR) is 89.4 cm³/mol. The zero-order chi connectivity index (χ0) is 16.2. The molecular formula is C17H16ClNO2S. The Labute approximate surface area is 136 Å². The van der Waals surface area contributed by atoms with E-state index in [0.29, 0.717) is 5.02 Å². The van der Waals surface area contributed by atoms with Gasteiger partial charge in [0.2, 0.25) is 10.0 Å². The molecule has 114 valence electrons. The summed E-state index contributed by atoms with van der Waals surface area (Å²) < 4.78 is 26.8. The molecule has 0 unspecified atom stereocenters. The summed E-state index contributed by atoms with van der Waals surface area (Å²) in [6.45, 7) is 3.87.